The fourth-order valence-electron chi connectivity index (χ4n) is 1.82. The monoisotopic (exact) mass is 190 g/mol. The van der Waals surface area contributed by atoms with E-state index in [2.05, 4.69) is 23.1 Å². The van der Waals surface area contributed by atoms with E-state index in [1.54, 1.807) is 0 Å². The Balaban J connectivity index is 2.11. The van der Waals surface area contributed by atoms with E-state index in [1.165, 1.54) is 11.1 Å². The standard InChI is InChI=1S/C12H14O2/c13-14-12-8-6-11(7-9-12)10-4-2-1-3-5-10/h1-6,12-13H,7-9H2. The van der Waals surface area contributed by atoms with E-state index < -0.39 is 0 Å². The molecule has 0 fully saturated rings. The number of allylic oxidation sites excluding steroid dienone is 1. The molecular weight excluding hydrogens is 176 g/mol. The summed E-state index contributed by atoms with van der Waals surface area (Å²) in [7, 11) is 0. The second-order valence-corrected chi connectivity index (χ2v) is 3.60. The molecule has 2 nitrogen and oxygen atoms in total. The van der Waals surface area contributed by atoms with E-state index in [-0.39, 0.29) is 6.10 Å². The molecule has 1 aliphatic rings. The third kappa shape index (κ3) is 2.03. The largest absolute Gasteiger partial charge is 0.252 e. The highest BCUT2D eigenvalue weighted by Gasteiger charge is 2.15. The van der Waals surface area contributed by atoms with Gasteiger partial charge in [-0.2, -0.15) is 0 Å². The van der Waals surface area contributed by atoms with Gasteiger partial charge in [0, 0.05) is 0 Å². The first-order valence-corrected chi connectivity index (χ1v) is 4.95. The first-order valence-electron chi connectivity index (χ1n) is 4.95. The molecule has 1 atom stereocenters. The summed E-state index contributed by atoms with van der Waals surface area (Å²) >= 11 is 0. The highest BCUT2D eigenvalue weighted by molar-refractivity contribution is 5.66. The highest BCUT2D eigenvalue weighted by atomic mass is 17.1. The molecule has 0 heterocycles. The molecule has 0 aliphatic heterocycles. The lowest BCUT2D eigenvalue weighted by molar-refractivity contribution is -0.279. The molecule has 0 radical (unpaired) electrons. The summed E-state index contributed by atoms with van der Waals surface area (Å²) in [6.07, 6.45) is 4.83. The third-order valence-corrected chi connectivity index (χ3v) is 2.66. The zero-order valence-corrected chi connectivity index (χ0v) is 8.02. The maximum absolute atomic E-state index is 8.52. The quantitative estimate of drug-likeness (QED) is 0.573. The van der Waals surface area contributed by atoms with Crippen LogP contribution in [0.3, 0.4) is 0 Å². The molecule has 1 aliphatic carbocycles. The van der Waals surface area contributed by atoms with Crippen molar-refractivity contribution in [2.75, 3.05) is 0 Å². The average molecular weight is 190 g/mol. The normalized spacial score (nSPS) is 21.8. The zero-order chi connectivity index (χ0) is 9.80. The van der Waals surface area contributed by atoms with Gasteiger partial charge < -0.3 is 0 Å². The summed E-state index contributed by atoms with van der Waals surface area (Å²) in [6, 6.07) is 10.3. The van der Waals surface area contributed by atoms with Gasteiger partial charge >= 0.3 is 0 Å². The van der Waals surface area contributed by atoms with Gasteiger partial charge in [0.25, 0.3) is 0 Å². The summed E-state index contributed by atoms with van der Waals surface area (Å²) < 4.78 is 0. The van der Waals surface area contributed by atoms with Gasteiger partial charge in [0.05, 0.1) is 6.10 Å². The maximum Gasteiger partial charge on any atom is 0.0965 e. The Kier molecular flexibility index (Phi) is 2.96. The van der Waals surface area contributed by atoms with Crippen molar-refractivity contribution in [3.63, 3.8) is 0 Å². The van der Waals surface area contributed by atoms with Crippen molar-refractivity contribution in [1.82, 2.24) is 0 Å². The lowest BCUT2D eigenvalue weighted by atomic mass is 9.92. The lowest BCUT2D eigenvalue weighted by Gasteiger charge is -2.19. The summed E-state index contributed by atoms with van der Waals surface area (Å²) in [6.45, 7) is 0. The van der Waals surface area contributed by atoms with Crippen molar-refractivity contribution in [2.45, 2.75) is 25.4 Å². The minimum absolute atomic E-state index is 0.0116. The first kappa shape index (κ1) is 9.44. The molecule has 0 aromatic heterocycles. The van der Waals surface area contributed by atoms with Gasteiger partial charge in [0.1, 0.15) is 0 Å². The van der Waals surface area contributed by atoms with Crippen LogP contribution >= 0.6 is 0 Å². The van der Waals surface area contributed by atoms with Gasteiger partial charge in [-0.1, -0.05) is 36.4 Å². The average Bonchev–Trinajstić information content (AvgIpc) is 2.30. The van der Waals surface area contributed by atoms with Gasteiger partial charge in [-0.05, 0) is 30.4 Å². The van der Waals surface area contributed by atoms with Crippen LogP contribution in [-0.4, -0.2) is 11.4 Å². The Hall–Kier alpha value is -1.12. The Bertz CT molecular complexity index is 316. The molecule has 1 aromatic carbocycles. The fraction of sp³-hybridized carbons (Fsp3) is 0.333. The van der Waals surface area contributed by atoms with Gasteiger partial charge in [-0.25, -0.2) is 4.89 Å². The number of benzene rings is 1. The minimum atomic E-state index is -0.0116. The lowest BCUT2D eigenvalue weighted by Crippen LogP contribution is -2.13. The summed E-state index contributed by atoms with van der Waals surface area (Å²) in [5.41, 5.74) is 2.64. The molecule has 0 amide bonds. The van der Waals surface area contributed by atoms with E-state index in [0.717, 1.165) is 19.3 Å². The SMILES string of the molecule is OOC1CC=C(c2ccccc2)CC1. The summed E-state index contributed by atoms with van der Waals surface area (Å²) in [5, 5.41) is 8.52. The van der Waals surface area contributed by atoms with E-state index in [0.29, 0.717) is 0 Å². The Labute approximate surface area is 83.8 Å². The van der Waals surface area contributed by atoms with E-state index in [4.69, 9.17) is 5.26 Å². The van der Waals surface area contributed by atoms with Gasteiger partial charge in [-0.3, -0.25) is 5.26 Å². The number of rotatable bonds is 2. The third-order valence-electron chi connectivity index (χ3n) is 2.66. The van der Waals surface area contributed by atoms with E-state index in [9.17, 15) is 0 Å². The predicted molar refractivity (Wildman–Crippen MR) is 55.8 cm³/mol. The smallest absolute Gasteiger partial charge is 0.0965 e. The number of hydrogen-bond acceptors (Lipinski definition) is 2. The molecular formula is C12H14O2. The van der Waals surface area contributed by atoms with Crippen molar-refractivity contribution >= 4 is 5.57 Å². The number of hydrogen-bond donors (Lipinski definition) is 1. The molecule has 0 saturated heterocycles. The van der Waals surface area contributed by atoms with Gasteiger partial charge in [0.15, 0.2) is 0 Å². The van der Waals surface area contributed by atoms with Crippen LogP contribution in [0.15, 0.2) is 36.4 Å². The zero-order valence-electron chi connectivity index (χ0n) is 8.02. The molecule has 14 heavy (non-hydrogen) atoms. The topological polar surface area (TPSA) is 29.5 Å². The van der Waals surface area contributed by atoms with Crippen LogP contribution in [0, 0.1) is 0 Å². The van der Waals surface area contributed by atoms with Crippen molar-refractivity contribution in [3.05, 3.63) is 42.0 Å². The second kappa shape index (κ2) is 4.40. The molecule has 0 spiro atoms. The fourth-order valence-corrected chi connectivity index (χ4v) is 1.82. The minimum Gasteiger partial charge on any atom is -0.252 e. The Morgan fingerprint density at radius 3 is 2.57 bits per heavy atom. The molecule has 0 saturated carbocycles. The van der Waals surface area contributed by atoms with Crippen molar-refractivity contribution in [2.24, 2.45) is 0 Å². The van der Waals surface area contributed by atoms with Crippen LogP contribution in [-0.2, 0) is 4.89 Å². The second-order valence-electron chi connectivity index (χ2n) is 3.60. The van der Waals surface area contributed by atoms with E-state index >= 15 is 0 Å². The van der Waals surface area contributed by atoms with Crippen LogP contribution in [0.4, 0.5) is 0 Å². The molecule has 1 N–H and O–H groups in total. The summed E-state index contributed by atoms with van der Waals surface area (Å²) in [5.74, 6) is 0. The van der Waals surface area contributed by atoms with Crippen LogP contribution < -0.4 is 0 Å². The molecule has 74 valence electrons. The maximum atomic E-state index is 8.52. The van der Waals surface area contributed by atoms with Gasteiger partial charge in [0.2, 0.25) is 0 Å². The van der Waals surface area contributed by atoms with Crippen LogP contribution in [0.25, 0.3) is 5.57 Å². The molecule has 1 unspecified atom stereocenters. The van der Waals surface area contributed by atoms with Gasteiger partial charge in [-0.15, -0.1) is 0 Å². The highest BCUT2D eigenvalue weighted by Crippen LogP contribution is 2.27. The van der Waals surface area contributed by atoms with Crippen molar-refractivity contribution in [3.8, 4) is 0 Å². The van der Waals surface area contributed by atoms with Crippen LogP contribution in [0.5, 0.6) is 0 Å². The van der Waals surface area contributed by atoms with Crippen LogP contribution in [0.2, 0.25) is 0 Å². The van der Waals surface area contributed by atoms with Crippen molar-refractivity contribution < 1.29 is 10.1 Å². The molecule has 2 heteroatoms. The Morgan fingerprint density at radius 1 is 1.21 bits per heavy atom. The molecule has 2 rings (SSSR count). The predicted octanol–water partition coefficient (Wildman–Crippen LogP) is 3.11. The summed E-state index contributed by atoms with van der Waals surface area (Å²) in [4.78, 5) is 4.33. The molecule has 0 bridgehead atoms. The van der Waals surface area contributed by atoms with E-state index in [1.807, 2.05) is 18.2 Å². The molecule has 1 aromatic rings. The van der Waals surface area contributed by atoms with Crippen LogP contribution in [0.1, 0.15) is 24.8 Å². The first-order chi connectivity index (χ1) is 6.90. The Morgan fingerprint density at radius 2 is 2.00 bits per heavy atom. The van der Waals surface area contributed by atoms with Crippen molar-refractivity contribution in [1.29, 1.82) is 0 Å².